The molecule has 0 aliphatic carbocycles. The van der Waals surface area contributed by atoms with E-state index >= 15 is 0 Å². The van der Waals surface area contributed by atoms with Gasteiger partial charge in [-0.1, -0.05) is 70.7 Å². The molecule has 11 heteroatoms. The first kappa shape index (κ1) is 23.3. The predicted octanol–water partition coefficient (Wildman–Crippen LogP) is 4.51. The van der Waals surface area contributed by atoms with E-state index in [4.69, 9.17) is 11.6 Å². The van der Waals surface area contributed by atoms with E-state index in [1.54, 1.807) is 36.0 Å². The Balaban J connectivity index is 1.40. The van der Waals surface area contributed by atoms with Crippen LogP contribution in [0.3, 0.4) is 0 Å². The highest BCUT2D eigenvalue weighted by Crippen LogP contribution is 2.30. The number of carbonyl (C=O) groups is 2. The van der Waals surface area contributed by atoms with Crippen molar-refractivity contribution >= 4 is 64.6 Å². The lowest BCUT2D eigenvalue weighted by molar-refractivity contribution is -0.118. The summed E-state index contributed by atoms with van der Waals surface area (Å²) in [5.41, 5.74) is 4.81. The highest BCUT2D eigenvalue weighted by Gasteiger charge is 2.09. The SMILES string of the molecule is COC(=O)c1ccc(/C=N\NC(=O)CSc2nnc(SCc3ccc(Cl)cc3)s2)cc1. The van der Waals surface area contributed by atoms with Crippen LogP contribution in [0.25, 0.3) is 0 Å². The molecule has 0 bridgehead atoms. The fourth-order valence-corrected chi connectivity index (χ4v) is 5.10. The van der Waals surface area contributed by atoms with E-state index in [1.165, 1.54) is 36.4 Å². The standard InChI is InChI=1S/C20H17ClN4O3S3/c1-28-18(27)15-6-2-13(3-7-15)10-22-23-17(26)12-30-20-25-24-19(31-20)29-11-14-4-8-16(21)9-5-14/h2-10H,11-12H2,1H3,(H,23,26)/b22-10-. The number of thioether (sulfide) groups is 2. The maximum Gasteiger partial charge on any atom is 0.337 e. The number of methoxy groups -OCH3 is 1. The van der Waals surface area contributed by atoms with Crippen LogP contribution in [-0.4, -0.2) is 41.2 Å². The maximum atomic E-state index is 12.0. The van der Waals surface area contributed by atoms with Gasteiger partial charge < -0.3 is 4.74 Å². The molecule has 1 aromatic heterocycles. The summed E-state index contributed by atoms with van der Waals surface area (Å²) in [6, 6.07) is 14.3. The molecule has 1 amide bonds. The van der Waals surface area contributed by atoms with Gasteiger partial charge in [-0.05, 0) is 35.4 Å². The summed E-state index contributed by atoms with van der Waals surface area (Å²) in [6.07, 6.45) is 1.50. The molecule has 0 fully saturated rings. The van der Waals surface area contributed by atoms with Crippen LogP contribution in [0.1, 0.15) is 21.5 Å². The van der Waals surface area contributed by atoms with Crippen LogP contribution >= 0.6 is 46.5 Å². The summed E-state index contributed by atoms with van der Waals surface area (Å²) < 4.78 is 6.20. The van der Waals surface area contributed by atoms with Gasteiger partial charge in [0.25, 0.3) is 5.91 Å². The lowest BCUT2D eigenvalue weighted by atomic mass is 10.1. The van der Waals surface area contributed by atoms with Crippen molar-refractivity contribution in [3.8, 4) is 0 Å². The Bertz CT molecular complexity index is 1060. The van der Waals surface area contributed by atoms with E-state index in [9.17, 15) is 9.59 Å². The lowest BCUT2D eigenvalue weighted by Gasteiger charge is -2.00. The molecule has 0 radical (unpaired) electrons. The molecular weight excluding hydrogens is 476 g/mol. The molecule has 0 aliphatic heterocycles. The molecule has 0 atom stereocenters. The smallest absolute Gasteiger partial charge is 0.337 e. The van der Waals surface area contributed by atoms with Crippen LogP contribution < -0.4 is 5.43 Å². The lowest BCUT2D eigenvalue weighted by Crippen LogP contribution is -2.19. The van der Waals surface area contributed by atoms with Crippen molar-refractivity contribution in [1.82, 2.24) is 15.6 Å². The second kappa shape index (κ2) is 11.8. The van der Waals surface area contributed by atoms with Crippen LogP contribution in [0, 0.1) is 0 Å². The summed E-state index contributed by atoms with van der Waals surface area (Å²) in [5, 5.41) is 12.9. The molecule has 160 valence electrons. The second-order valence-corrected chi connectivity index (χ2v) is 9.80. The zero-order chi connectivity index (χ0) is 22.1. The Morgan fingerprint density at radius 3 is 2.45 bits per heavy atom. The van der Waals surface area contributed by atoms with Crippen LogP contribution in [0.15, 0.2) is 62.3 Å². The third kappa shape index (κ3) is 7.66. The predicted molar refractivity (Wildman–Crippen MR) is 125 cm³/mol. The molecule has 0 unspecified atom stereocenters. The van der Waals surface area contributed by atoms with Crippen molar-refractivity contribution in [3.63, 3.8) is 0 Å². The average Bonchev–Trinajstić information content (AvgIpc) is 3.25. The topological polar surface area (TPSA) is 93.5 Å². The van der Waals surface area contributed by atoms with Gasteiger partial charge in [0.05, 0.1) is 24.6 Å². The summed E-state index contributed by atoms with van der Waals surface area (Å²) in [4.78, 5) is 23.4. The molecular formula is C20H17ClN4O3S3. The van der Waals surface area contributed by atoms with Gasteiger partial charge in [-0.3, -0.25) is 4.79 Å². The number of hydrogen-bond donors (Lipinski definition) is 1. The zero-order valence-electron chi connectivity index (χ0n) is 16.3. The molecule has 2 aromatic carbocycles. The van der Waals surface area contributed by atoms with Crippen molar-refractivity contribution in [2.24, 2.45) is 5.10 Å². The number of halogens is 1. The number of nitrogens with one attached hydrogen (secondary N) is 1. The van der Waals surface area contributed by atoms with E-state index in [0.29, 0.717) is 10.6 Å². The average molecular weight is 493 g/mol. The van der Waals surface area contributed by atoms with E-state index in [2.05, 4.69) is 25.5 Å². The molecule has 3 aromatic rings. The normalized spacial score (nSPS) is 10.9. The third-order valence-corrected chi connectivity index (χ3v) is 7.24. The molecule has 31 heavy (non-hydrogen) atoms. The Morgan fingerprint density at radius 1 is 1.10 bits per heavy atom. The molecule has 1 heterocycles. The van der Waals surface area contributed by atoms with Crippen LogP contribution in [0.2, 0.25) is 5.02 Å². The quantitative estimate of drug-likeness (QED) is 0.203. The summed E-state index contributed by atoms with van der Waals surface area (Å²) in [6.45, 7) is 0. The van der Waals surface area contributed by atoms with E-state index in [1.807, 2.05) is 24.3 Å². The van der Waals surface area contributed by atoms with Crippen molar-refractivity contribution in [2.45, 2.75) is 14.4 Å². The van der Waals surface area contributed by atoms with Crippen LogP contribution in [0.4, 0.5) is 0 Å². The Labute approximate surface area is 196 Å². The number of hydrogen-bond acceptors (Lipinski definition) is 9. The van der Waals surface area contributed by atoms with Gasteiger partial charge >= 0.3 is 5.97 Å². The molecule has 3 rings (SSSR count). The van der Waals surface area contributed by atoms with E-state index in [0.717, 1.165) is 25.6 Å². The van der Waals surface area contributed by atoms with Gasteiger partial charge in [0.1, 0.15) is 0 Å². The van der Waals surface area contributed by atoms with Crippen molar-refractivity contribution in [3.05, 3.63) is 70.2 Å². The van der Waals surface area contributed by atoms with Crippen molar-refractivity contribution in [1.29, 1.82) is 0 Å². The largest absolute Gasteiger partial charge is 0.465 e. The fourth-order valence-electron chi connectivity index (χ4n) is 2.20. The number of aromatic nitrogens is 2. The third-order valence-electron chi connectivity index (χ3n) is 3.72. The molecule has 0 saturated heterocycles. The molecule has 0 aliphatic rings. The van der Waals surface area contributed by atoms with Gasteiger partial charge in [-0.25, -0.2) is 10.2 Å². The first-order valence-electron chi connectivity index (χ1n) is 8.87. The minimum absolute atomic E-state index is 0.176. The molecule has 0 saturated carbocycles. The highest BCUT2D eigenvalue weighted by atomic mass is 35.5. The number of ether oxygens (including phenoxy) is 1. The minimum atomic E-state index is -0.406. The number of hydrazone groups is 1. The molecule has 0 spiro atoms. The summed E-state index contributed by atoms with van der Waals surface area (Å²) >= 11 is 10.2. The monoisotopic (exact) mass is 492 g/mol. The summed E-state index contributed by atoms with van der Waals surface area (Å²) in [5.74, 6) is 0.288. The number of esters is 1. The highest BCUT2D eigenvalue weighted by molar-refractivity contribution is 8.03. The van der Waals surface area contributed by atoms with Crippen molar-refractivity contribution in [2.75, 3.05) is 12.9 Å². The van der Waals surface area contributed by atoms with E-state index in [-0.39, 0.29) is 11.7 Å². The van der Waals surface area contributed by atoms with Gasteiger partial charge in [-0.2, -0.15) is 5.10 Å². The zero-order valence-corrected chi connectivity index (χ0v) is 19.5. The van der Waals surface area contributed by atoms with Gasteiger partial charge in [0.2, 0.25) is 0 Å². The Kier molecular flexibility index (Phi) is 8.89. The Morgan fingerprint density at radius 2 is 1.77 bits per heavy atom. The van der Waals surface area contributed by atoms with Crippen LogP contribution in [0.5, 0.6) is 0 Å². The summed E-state index contributed by atoms with van der Waals surface area (Å²) in [7, 11) is 1.33. The number of benzene rings is 2. The fraction of sp³-hybridized carbons (Fsp3) is 0.150. The van der Waals surface area contributed by atoms with Gasteiger partial charge in [-0.15, -0.1) is 10.2 Å². The van der Waals surface area contributed by atoms with Gasteiger partial charge in [0, 0.05) is 10.8 Å². The second-order valence-electron chi connectivity index (χ2n) is 5.94. The minimum Gasteiger partial charge on any atom is -0.465 e. The first-order chi connectivity index (χ1) is 15.0. The Hall–Kier alpha value is -2.40. The number of rotatable bonds is 9. The van der Waals surface area contributed by atoms with Crippen LogP contribution in [-0.2, 0) is 15.3 Å². The van der Waals surface area contributed by atoms with Crippen molar-refractivity contribution < 1.29 is 14.3 Å². The molecule has 7 nitrogen and oxygen atoms in total. The van der Waals surface area contributed by atoms with E-state index < -0.39 is 5.97 Å². The number of amides is 1. The number of nitrogens with zero attached hydrogens (tertiary/aromatic N) is 3. The number of carbonyl (C=O) groups excluding carboxylic acids is 2. The first-order valence-corrected chi connectivity index (χ1v) is 12.0. The maximum absolute atomic E-state index is 12.0. The molecule has 1 N–H and O–H groups in total. The van der Waals surface area contributed by atoms with Gasteiger partial charge in [0.15, 0.2) is 8.68 Å².